The molecule has 0 saturated carbocycles. The van der Waals surface area contributed by atoms with Crippen LogP contribution in [0.15, 0.2) is 22.7 Å². The number of rotatable bonds is 3. The van der Waals surface area contributed by atoms with Gasteiger partial charge in [0.1, 0.15) is 0 Å². The van der Waals surface area contributed by atoms with Gasteiger partial charge in [0.25, 0.3) is 0 Å². The van der Waals surface area contributed by atoms with Crippen LogP contribution in [0.2, 0.25) is 0 Å². The molecule has 0 amide bonds. The summed E-state index contributed by atoms with van der Waals surface area (Å²) >= 11 is 3.33. The summed E-state index contributed by atoms with van der Waals surface area (Å²) in [5.41, 5.74) is 1.22. The number of halogens is 1. The number of hydrogen-bond acceptors (Lipinski definition) is 2. The molecule has 4 heteroatoms. The molecule has 1 aromatic rings. The minimum Gasteiger partial charge on any atom is -0.478 e. The molecular weight excluding hydrogens is 294 g/mol. The molecule has 2 rings (SSSR count). The molecule has 3 nitrogen and oxygen atoms in total. The molecule has 1 heterocycles. The van der Waals surface area contributed by atoms with Crippen molar-refractivity contribution in [2.24, 2.45) is 11.8 Å². The van der Waals surface area contributed by atoms with E-state index in [1.165, 1.54) is 0 Å². The van der Waals surface area contributed by atoms with E-state index in [1.807, 2.05) is 12.1 Å². The molecule has 0 aromatic heterocycles. The molecule has 98 valence electrons. The van der Waals surface area contributed by atoms with Gasteiger partial charge in [0, 0.05) is 17.6 Å². The summed E-state index contributed by atoms with van der Waals surface area (Å²) in [6.45, 7) is 6.37. The van der Waals surface area contributed by atoms with Crippen molar-refractivity contribution in [3.05, 3.63) is 28.2 Å². The van der Waals surface area contributed by atoms with Crippen molar-refractivity contribution in [2.45, 2.75) is 20.3 Å². The summed E-state index contributed by atoms with van der Waals surface area (Å²) < 4.78 is 0.809. The molecule has 1 fully saturated rings. The van der Waals surface area contributed by atoms with E-state index in [9.17, 15) is 9.90 Å². The predicted octanol–water partition coefficient (Wildman–Crippen LogP) is 3.63. The van der Waals surface area contributed by atoms with E-state index < -0.39 is 5.97 Å². The third kappa shape index (κ3) is 2.69. The first-order valence-corrected chi connectivity index (χ1v) is 7.06. The van der Waals surface area contributed by atoms with Crippen LogP contribution in [-0.2, 0) is 0 Å². The maximum Gasteiger partial charge on any atom is 0.337 e. The highest BCUT2D eigenvalue weighted by Crippen LogP contribution is 2.31. The first-order chi connectivity index (χ1) is 8.49. The third-order valence-corrected chi connectivity index (χ3v) is 4.19. The van der Waals surface area contributed by atoms with Crippen LogP contribution in [-0.4, -0.2) is 24.2 Å². The van der Waals surface area contributed by atoms with E-state index in [0.717, 1.165) is 29.7 Å². The Kier molecular flexibility index (Phi) is 3.95. The number of anilines is 1. The van der Waals surface area contributed by atoms with E-state index in [4.69, 9.17) is 0 Å². The second-order valence-corrected chi connectivity index (χ2v) is 6.12. The number of carboxylic acids is 1. The van der Waals surface area contributed by atoms with Crippen LogP contribution >= 0.6 is 15.9 Å². The summed E-state index contributed by atoms with van der Waals surface area (Å²) in [4.78, 5) is 13.5. The minimum atomic E-state index is -0.862. The molecule has 0 bridgehead atoms. The van der Waals surface area contributed by atoms with Crippen molar-refractivity contribution in [3.63, 3.8) is 0 Å². The van der Waals surface area contributed by atoms with Crippen molar-refractivity contribution in [2.75, 3.05) is 18.0 Å². The highest BCUT2D eigenvalue weighted by molar-refractivity contribution is 9.10. The molecule has 1 aliphatic rings. The Morgan fingerprint density at radius 2 is 2.22 bits per heavy atom. The second kappa shape index (κ2) is 5.31. The van der Waals surface area contributed by atoms with E-state index in [0.29, 0.717) is 17.4 Å². The lowest BCUT2D eigenvalue weighted by molar-refractivity contribution is 0.0697. The number of nitrogens with zero attached hydrogens (tertiary/aromatic N) is 1. The number of benzene rings is 1. The molecule has 0 radical (unpaired) electrons. The summed E-state index contributed by atoms with van der Waals surface area (Å²) in [6, 6.07) is 5.49. The van der Waals surface area contributed by atoms with Crippen molar-refractivity contribution in [3.8, 4) is 0 Å². The highest BCUT2D eigenvalue weighted by Gasteiger charge is 2.27. The summed E-state index contributed by atoms with van der Waals surface area (Å²) in [5, 5.41) is 9.28. The first-order valence-electron chi connectivity index (χ1n) is 6.27. The molecule has 1 unspecified atom stereocenters. The lowest BCUT2D eigenvalue weighted by Crippen LogP contribution is -2.23. The van der Waals surface area contributed by atoms with E-state index in [-0.39, 0.29) is 0 Å². The molecule has 0 aliphatic carbocycles. The second-order valence-electron chi connectivity index (χ2n) is 5.21. The molecule has 1 N–H and O–H groups in total. The molecule has 1 aliphatic heterocycles. The van der Waals surface area contributed by atoms with E-state index in [1.54, 1.807) is 6.07 Å². The van der Waals surface area contributed by atoms with Gasteiger partial charge in [-0.2, -0.15) is 0 Å². The van der Waals surface area contributed by atoms with Crippen LogP contribution in [0.3, 0.4) is 0 Å². The Balaban J connectivity index is 2.27. The predicted molar refractivity (Wildman–Crippen MR) is 76.3 cm³/mol. The van der Waals surface area contributed by atoms with Gasteiger partial charge in [-0.1, -0.05) is 29.8 Å². The topological polar surface area (TPSA) is 40.5 Å². The van der Waals surface area contributed by atoms with Gasteiger partial charge in [0.2, 0.25) is 0 Å². The standard InChI is InChI=1S/C14H18BrNO2/c1-9(2)10-5-6-16(8-10)13-4-3-11(15)7-12(13)14(17)18/h3-4,7,9-10H,5-6,8H2,1-2H3,(H,17,18). The van der Waals surface area contributed by atoms with E-state index in [2.05, 4.69) is 34.7 Å². The maximum absolute atomic E-state index is 11.3. The van der Waals surface area contributed by atoms with Gasteiger partial charge >= 0.3 is 5.97 Å². The largest absolute Gasteiger partial charge is 0.478 e. The average Bonchev–Trinajstić information content (AvgIpc) is 2.78. The fraction of sp³-hybridized carbons (Fsp3) is 0.500. The number of aromatic carboxylic acids is 1. The fourth-order valence-corrected chi connectivity index (χ4v) is 2.87. The van der Waals surface area contributed by atoms with Gasteiger partial charge in [0.05, 0.1) is 11.3 Å². The summed E-state index contributed by atoms with van der Waals surface area (Å²) in [6.07, 6.45) is 1.15. The Bertz CT molecular complexity index is 459. The normalized spacial score (nSPS) is 19.6. The highest BCUT2D eigenvalue weighted by atomic mass is 79.9. The lowest BCUT2D eigenvalue weighted by Gasteiger charge is -2.22. The maximum atomic E-state index is 11.3. The van der Waals surface area contributed by atoms with Gasteiger partial charge in [-0.05, 0) is 36.5 Å². The quantitative estimate of drug-likeness (QED) is 0.926. The lowest BCUT2D eigenvalue weighted by atomic mass is 9.95. The van der Waals surface area contributed by atoms with Gasteiger partial charge < -0.3 is 10.0 Å². The zero-order valence-corrected chi connectivity index (χ0v) is 12.3. The smallest absolute Gasteiger partial charge is 0.337 e. The van der Waals surface area contributed by atoms with Crippen LogP contribution in [0.5, 0.6) is 0 Å². The molecular formula is C14H18BrNO2. The van der Waals surface area contributed by atoms with Crippen molar-refractivity contribution in [1.82, 2.24) is 0 Å². The zero-order chi connectivity index (χ0) is 13.3. The van der Waals surface area contributed by atoms with Gasteiger partial charge in [-0.25, -0.2) is 4.79 Å². The van der Waals surface area contributed by atoms with Gasteiger partial charge in [-0.15, -0.1) is 0 Å². The Labute approximate surface area is 116 Å². The first kappa shape index (κ1) is 13.4. The number of carbonyl (C=O) groups is 1. The monoisotopic (exact) mass is 311 g/mol. The van der Waals surface area contributed by atoms with Crippen LogP contribution in [0.4, 0.5) is 5.69 Å². The van der Waals surface area contributed by atoms with Crippen LogP contribution in [0.1, 0.15) is 30.6 Å². The number of hydrogen-bond donors (Lipinski definition) is 1. The molecule has 0 spiro atoms. The Morgan fingerprint density at radius 1 is 1.50 bits per heavy atom. The van der Waals surface area contributed by atoms with Gasteiger partial charge in [-0.3, -0.25) is 0 Å². The fourth-order valence-electron chi connectivity index (χ4n) is 2.51. The zero-order valence-electron chi connectivity index (χ0n) is 10.7. The number of carboxylic acid groups (broad SMARTS) is 1. The van der Waals surface area contributed by atoms with Crippen LogP contribution in [0, 0.1) is 11.8 Å². The Morgan fingerprint density at radius 3 is 2.78 bits per heavy atom. The summed E-state index contributed by atoms with van der Waals surface area (Å²) in [7, 11) is 0. The Hall–Kier alpha value is -1.03. The van der Waals surface area contributed by atoms with Crippen LogP contribution in [0.25, 0.3) is 0 Å². The van der Waals surface area contributed by atoms with Crippen LogP contribution < -0.4 is 4.90 Å². The SMILES string of the molecule is CC(C)C1CCN(c2ccc(Br)cc2C(=O)O)C1. The summed E-state index contributed by atoms with van der Waals surface area (Å²) in [5.74, 6) is 0.452. The van der Waals surface area contributed by atoms with Crippen molar-refractivity contribution in [1.29, 1.82) is 0 Å². The average molecular weight is 312 g/mol. The van der Waals surface area contributed by atoms with E-state index >= 15 is 0 Å². The molecule has 1 saturated heterocycles. The van der Waals surface area contributed by atoms with Crippen molar-refractivity contribution >= 4 is 27.6 Å². The van der Waals surface area contributed by atoms with Gasteiger partial charge in [0.15, 0.2) is 0 Å². The molecule has 1 aromatic carbocycles. The molecule has 18 heavy (non-hydrogen) atoms. The minimum absolute atomic E-state index is 0.383. The van der Waals surface area contributed by atoms with Crippen molar-refractivity contribution < 1.29 is 9.90 Å². The molecule has 1 atom stereocenters. The third-order valence-electron chi connectivity index (χ3n) is 3.70.